The molecule has 1 unspecified atom stereocenters. The van der Waals surface area contributed by atoms with Crippen LogP contribution < -0.4 is 16.0 Å². The average molecular weight is 615 g/mol. The summed E-state index contributed by atoms with van der Waals surface area (Å²) >= 11 is 0. The molecule has 0 spiro atoms. The Bertz CT molecular complexity index is 1560. The van der Waals surface area contributed by atoms with E-state index < -0.39 is 11.7 Å². The lowest BCUT2D eigenvalue weighted by Crippen LogP contribution is -2.37. The van der Waals surface area contributed by atoms with Gasteiger partial charge in [-0.1, -0.05) is 30.3 Å². The highest BCUT2D eigenvalue weighted by Crippen LogP contribution is 2.25. The second kappa shape index (κ2) is 15.1. The third-order valence-corrected chi connectivity index (χ3v) is 7.25. The minimum Gasteiger partial charge on any atom is -0.444 e. The molecule has 2 heterocycles. The number of hydrogen-bond donors (Lipinski definition) is 3. The Morgan fingerprint density at radius 2 is 1.89 bits per heavy atom. The molecule has 1 aliphatic rings. The molecule has 4 rings (SSSR count). The molecule has 0 bridgehead atoms. The molecule has 3 aromatic rings. The number of pyridine rings is 1. The molecule has 2 aromatic carbocycles. The lowest BCUT2D eigenvalue weighted by atomic mass is 10.0. The van der Waals surface area contributed by atoms with Crippen molar-refractivity contribution in [3.63, 3.8) is 0 Å². The normalized spacial score (nSPS) is 14.5. The van der Waals surface area contributed by atoms with Crippen molar-refractivity contribution in [1.82, 2.24) is 20.5 Å². The summed E-state index contributed by atoms with van der Waals surface area (Å²) in [5, 5.41) is 18.4. The zero-order chi connectivity index (χ0) is 32.4. The van der Waals surface area contributed by atoms with Gasteiger partial charge in [-0.15, -0.1) is 0 Å². The molecule has 1 atom stereocenters. The summed E-state index contributed by atoms with van der Waals surface area (Å²) < 4.78 is 18.9. The van der Waals surface area contributed by atoms with Gasteiger partial charge in [-0.05, 0) is 75.9 Å². The van der Waals surface area contributed by atoms with Crippen molar-refractivity contribution in [2.24, 2.45) is 5.92 Å². The van der Waals surface area contributed by atoms with Gasteiger partial charge in [0.15, 0.2) is 0 Å². The average Bonchev–Trinajstić information content (AvgIpc) is 3.35. The molecule has 1 aromatic heterocycles. The first-order chi connectivity index (χ1) is 21.5. The highest BCUT2D eigenvalue weighted by atomic mass is 19.1. The molecule has 10 nitrogen and oxygen atoms in total. The molecule has 1 fully saturated rings. The molecule has 3 N–H and O–H groups in total. The fraction of sp³-hybridized carbons (Fsp3) is 0.382. The Labute approximate surface area is 263 Å². The first kappa shape index (κ1) is 32.9. The van der Waals surface area contributed by atoms with Crippen molar-refractivity contribution in [2.75, 3.05) is 38.0 Å². The molecule has 1 aliphatic heterocycles. The van der Waals surface area contributed by atoms with Crippen LogP contribution in [0.2, 0.25) is 0 Å². The number of carbonyl (C=O) groups is 3. The number of nitrogens with one attached hydrogen (secondary N) is 3. The van der Waals surface area contributed by atoms with Gasteiger partial charge in [0.2, 0.25) is 5.91 Å². The number of nitrogens with zero attached hydrogens (tertiary/aromatic N) is 3. The number of rotatable bonds is 12. The zero-order valence-electron chi connectivity index (χ0n) is 25.9. The monoisotopic (exact) mass is 614 g/mol. The first-order valence-electron chi connectivity index (χ1n) is 15.1. The van der Waals surface area contributed by atoms with Crippen molar-refractivity contribution in [3.05, 3.63) is 83.2 Å². The van der Waals surface area contributed by atoms with Gasteiger partial charge < -0.3 is 25.6 Å². The summed E-state index contributed by atoms with van der Waals surface area (Å²) in [6.45, 7) is 7.40. The maximum atomic E-state index is 13.7. The van der Waals surface area contributed by atoms with Gasteiger partial charge in [-0.3, -0.25) is 9.59 Å². The van der Waals surface area contributed by atoms with Crippen molar-refractivity contribution in [2.45, 2.75) is 45.6 Å². The van der Waals surface area contributed by atoms with Gasteiger partial charge in [-0.25, -0.2) is 14.2 Å². The number of ether oxygens (including phenoxy) is 1. The summed E-state index contributed by atoms with van der Waals surface area (Å²) in [4.78, 5) is 44.6. The predicted molar refractivity (Wildman–Crippen MR) is 169 cm³/mol. The van der Waals surface area contributed by atoms with Crippen molar-refractivity contribution in [3.8, 4) is 17.3 Å². The van der Waals surface area contributed by atoms with Crippen LogP contribution in [0.4, 0.5) is 15.0 Å². The smallest absolute Gasteiger partial charge is 0.407 e. The van der Waals surface area contributed by atoms with E-state index in [2.05, 4.69) is 22.0 Å². The third-order valence-electron chi connectivity index (χ3n) is 7.25. The van der Waals surface area contributed by atoms with Gasteiger partial charge in [0.05, 0.1) is 28.8 Å². The number of aromatic nitrogens is 1. The first-order valence-corrected chi connectivity index (χ1v) is 15.1. The molecule has 0 saturated carbocycles. The van der Waals surface area contributed by atoms with E-state index in [9.17, 15) is 24.0 Å². The van der Waals surface area contributed by atoms with Crippen molar-refractivity contribution >= 4 is 23.7 Å². The number of likely N-dealkylation sites (tertiary alicyclic amines) is 1. The van der Waals surface area contributed by atoms with Crippen LogP contribution in [0.3, 0.4) is 0 Å². The third kappa shape index (κ3) is 9.50. The highest BCUT2D eigenvalue weighted by Gasteiger charge is 2.31. The second-order valence-corrected chi connectivity index (χ2v) is 11.9. The Morgan fingerprint density at radius 3 is 2.64 bits per heavy atom. The molecule has 0 radical (unpaired) electrons. The van der Waals surface area contributed by atoms with E-state index in [1.807, 2.05) is 12.1 Å². The summed E-state index contributed by atoms with van der Waals surface area (Å²) in [6.07, 6.45) is 1.20. The van der Waals surface area contributed by atoms with Crippen LogP contribution in [0.25, 0.3) is 11.3 Å². The number of carbonyl (C=O) groups excluding carboxylic acids is 3. The Kier molecular flexibility index (Phi) is 11.1. The fourth-order valence-electron chi connectivity index (χ4n) is 5.05. The van der Waals surface area contributed by atoms with Crippen molar-refractivity contribution in [1.29, 1.82) is 5.26 Å². The van der Waals surface area contributed by atoms with Crippen molar-refractivity contribution < 1.29 is 23.5 Å². The number of benzene rings is 2. The van der Waals surface area contributed by atoms with Crippen LogP contribution in [0.5, 0.6) is 0 Å². The van der Waals surface area contributed by atoms with E-state index in [4.69, 9.17) is 9.72 Å². The summed E-state index contributed by atoms with van der Waals surface area (Å²) in [5.74, 6) is -0.775. The minimum absolute atomic E-state index is 0.0393. The van der Waals surface area contributed by atoms with E-state index in [1.165, 1.54) is 12.1 Å². The summed E-state index contributed by atoms with van der Waals surface area (Å²) in [7, 11) is 0. The number of amides is 3. The van der Waals surface area contributed by atoms with Gasteiger partial charge in [-0.2, -0.15) is 5.26 Å². The second-order valence-electron chi connectivity index (χ2n) is 11.9. The molecular formula is C34H39FN6O4. The van der Waals surface area contributed by atoms with Gasteiger partial charge in [0, 0.05) is 38.3 Å². The molecular weight excluding hydrogens is 575 g/mol. The number of hydrogen-bond acceptors (Lipinski definition) is 7. The highest BCUT2D eigenvalue weighted by molar-refractivity contribution is 5.99. The maximum Gasteiger partial charge on any atom is 0.407 e. The van der Waals surface area contributed by atoms with Crippen LogP contribution in [-0.4, -0.2) is 66.1 Å². The van der Waals surface area contributed by atoms with Crippen LogP contribution in [0.1, 0.15) is 55.1 Å². The van der Waals surface area contributed by atoms with E-state index in [-0.39, 0.29) is 30.1 Å². The minimum atomic E-state index is -0.576. The number of alkyl carbamates (subject to hydrolysis) is 1. The fourth-order valence-corrected chi connectivity index (χ4v) is 5.05. The van der Waals surface area contributed by atoms with Gasteiger partial charge in [0.1, 0.15) is 17.2 Å². The molecule has 3 amide bonds. The number of anilines is 1. The van der Waals surface area contributed by atoms with E-state index in [0.717, 1.165) is 5.56 Å². The SMILES string of the molecule is CC(C)(C)OC(=O)NCCCN1CCC(CNC(=O)c2ccc(-c3ccccc3C#N)nc2NCCc2cccc(F)c2)C1=O. The van der Waals surface area contributed by atoms with Gasteiger partial charge >= 0.3 is 6.09 Å². The molecule has 1 saturated heterocycles. The van der Waals surface area contributed by atoms with Crippen LogP contribution in [0.15, 0.2) is 60.7 Å². The standard InChI is InChI=1S/C34H39FN6O4/c1-34(2,3)45-33(44)38-16-7-18-41-19-15-25(32(41)43)22-39-31(42)28-12-13-29(27-11-5-4-9-24(27)21-36)40-30(28)37-17-14-23-8-6-10-26(35)20-23/h4-6,8-13,20,25H,7,14-19,22H2,1-3H3,(H,37,40)(H,38,44)(H,39,42). The largest absolute Gasteiger partial charge is 0.444 e. The Balaban J connectivity index is 1.37. The predicted octanol–water partition coefficient (Wildman–Crippen LogP) is 4.91. The van der Waals surface area contributed by atoms with E-state index in [1.54, 1.807) is 62.1 Å². The molecule has 0 aliphatic carbocycles. The summed E-state index contributed by atoms with van der Waals surface area (Å²) in [6, 6.07) is 18.9. The topological polar surface area (TPSA) is 136 Å². The quantitative estimate of drug-likeness (QED) is 0.247. The lowest BCUT2D eigenvalue weighted by Gasteiger charge is -2.20. The zero-order valence-corrected chi connectivity index (χ0v) is 25.9. The Morgan fingerprint density at radius 1 is 1.09 bits per heavy atom. The number of nitriles is 1. The van der Waals surface area contributed by atoms with Crippen LogP contribution >= 0.6 is 0 Å². The van der Waals surface area contributed by atoms with Gasteiger partial charge in [0.25, 0.3) is 5.91 Å². The van der Waals surface area contributed by atoms with Crippen LogP contribution in [0, 0.1) is 23.1 Å². The Hall–Kier alpha value is -4.98. The molecule has 45 heavy (non-hydrogen) atoms. The van der Waals surface area contributed by atoms with Crippen LogP contribution in [-0.2, 0) is 16.0 Å². The molecule has 11 heteroatoms. The lowest BCUT2D eigenvalue weighted by molar-refractivity contribution is -0.130. The molecule has 236 valence electrons. The number of halogens is 1. The van der Waals surface area contributed by atoms with E-state index >= 15 is 0 Å². The maximum absolute atomic E-state index is 13.7. The van der Waals surface area contributed by atoms with E-state index in [0.29, 0.717) is 73.6 Å². The summed E-state index contributed by atoms with van der Waals surface area (Å²) in [5.41, 5.74) is 2.13.